The summed E-state index contributed by atoms with van der Waals surface area (Å²) in [5.74, 6) is -0.0450. The monoisotopic (exact) mass is 326 g/mol. The predicted octanol–water partition coefficient (Wildman–Crippen LogP) is 2.92. The normalized spacial score (nSPS) is 13.7. The summed E-state index contributed by atoms with van der Waals surface area (Å²) in [5.41, 5.74) is 4.95. The molecule has 126 valence electrons. The number of ketones is 1. The molecule has 0 saturated heterocycles. The molecule has 0 bridgehead atoms. The predicted molar refractivity (Wildman–Crippen MR) is 91.1 cm³/mol. The standard InChI is InChI=1S/C19H22N2O3/c1-12-17-15(8-5-9-16(17)22)21-18(12)19(23)20-10-13-6-3-4-7-14(13)11-24-2/h3-4,6-7,21H,5,8-11H2,1-2H3,(H,20,23). The number of rotatable bonds is 5. The molecule has 0 unspecified atom stereocenters. The molecule has 5 heteroatoms. The van der Waals surface area contributed by atoms with Crippen LogP contribution in [0.1, 0.15) is 56.1 Å². The summed E-state index contributed by atoms with van der Waals surface area (Å²) in [6.07, 6.45) is 2.24. The Balaban J connectivity index is 1.76. The summed E-state index contributed by atoms with van der Waals surface area (Å²) >= 11 is 0. The van der Waals surface area contributed by atoms with Gasteiger partial charge >= 0.3 is 0 Å². The highest BCUT2D eigenvalue weighted by Gasteiger charge is 2.26. The average molecular weight is 326 g/mol. The molecule has 1 heterocycles. The molecule has 24 heavy (non-hydrogen) atoms. The molecule has 0 atom stereocenters. The number of fused-ring (bicyclic) bond motifs is 1. The SMILES string of the molecule is COCc1ccccc1CNC(=O)c1[nH]c2c(c1C)C(=O)CCC2. The molecule has 2 aromatic rings. The molecule has 0 fully saturated rings. The summed E-state index contributed by atoms with van der Waals surface area (Å²) in [6.45, 7) is 2.78. The number of hydrogen-bond donors (Lipinski definition) is 2. The Morgan fingerprint density at radius 1 is 1.25 bits per heavy atom. The molecule has 1 aliphatic rings. The van der Waals surface area contributed by atoms with Gasteiger partial charge in [0, 0.05) is 31.3 Å². The molecule has 2 N–H and O–H groups in total. The number of hydrogen-bond acceptors (Lipinski definition) is 3. The summed E-state index contributed by atoms with van der Waals surface area (Å²) in [5, 5.41) is 2.94. The second-order valence-electron chi connectivity index (χ2n) is 6.14. The summed E-state index contributed by atoms with van der Waals surface area (Å²) in [6, 6.07) is 7.86. The lowest BCUT2D eigenvalue weighted by Gasteiger charge is -2.10. The van der Waals surface area contributed by atoms with Crippen molar-refractivity contribution in [3.05, 3.63) is 57.9 Å². The van der Waals surface area contributed by atoms with E-state index in [0.29, 0.717) is 30.8 Å². The van der Waals surface area contributed by atoms with E-state index in [1.165, 1.54) is 0 Å². The van der Waals surface area contributed by atoms with Crippen molar-refractivity contribution >= 4 is 11.7 Å². The molecule has 5 nitrogen and oxygen atoms in total. The lowest BCUT2D eigenvalue weighted by atomic mass is 9.94. The van der Waals surface area contributed by atoms with E-state index < -0.39 is 0 Å². The van der Waals surface area contributed by atoms with E-state index in [1.54, 1.807) is 7.11 Å². The van der Waals surface area contributed by atoms with Crippen molar-refractivity contribution in [2.75, 3.05) is 7.11 Å². The second-order valence-corrected chi connectivity index (χ2v) is 6.14. The Morgan fingerprint density at radius 2 is 2.00 bits per heavy atom. The maximum Gasteiger partial charge on any atom is 0.268 e. The van der Waals surface area contributed by atoms with Gasteiger partial charge in [-0.05, 0) is 36.5 Å². The fraction of sp³-hybridized carbons (Fsp3) is 0.368. The number of ether oxygens (including phenoxy) is 1. The summed E-state index contributed by atoms with van der Waals surface area (Å²) in [4.78, 5) is 27.8. The first-order chi connectivity index (χ1) is 11.6. The molecular formula is C19H22N2O3. The van der Waals surface area contributed by atoms with Crippen LogP contribution in [-0.2, 0) is 24.3 Å². The number of Topliss-reactive ketones (excluding diaryl/α,β-unsaturated/α-hetero) is 1. The first kappa shape index (κ1) is 16.5. The van der Waals surface area contributed by atoms with Gasteiger partial charge < -0.3 is 15.0 Å². The van der Waals surface area contributed by atoms with Gasteiger partial charge in [0.15, 0.2) is 5.78 Å². The minimum atomic E-state index is -0.179. The highest BCUT2D eigenvalue weighted by atomic mass is 16.5. The quantitative estimate of drug-likeness (QED) is 0.887. The van der Waals surface area contributed by atoms with Crippen LogP contribution in [-0.4, -0.2) is 23.8 Å². The van der Waals surface area contributed by atoms with Crippen molar-refractivity contribution in [3.8, 4) is 0 Å². The van der Waals surface area contributed by atoms with E-state index in [1.807, 2.05) is 31.2 Å². The zero-order valence-electron chi connectivity index (χ0n) is 14.1. The minimum Gasteiger partial charge on any atom is -0.380 e. The van der Waals surface area contributed by atoms with Crippen LogP contribution in [0.4, 0.5) is 0 Å². The molecule has 3 rings (SSSR count). The molecule has 1 amide bonds. The van der Waals surface area contributed by atoms with Crippen LogP contribution in [0.15, 0.2) is 24.3 Å². The summed E-state index contributed by atoms with van der Waals surface area (Å²) in [7, 11) is 1.65. The average Bonchev–Trinajstić information content (AvgIpc) is 2.92. The van der Waals surface area contributed by atoms with E-state index in [4.69, 9.17) is 4.74 Å². The van der Waals surface area contributed by atoms with Crippen LogP contribution in [0, 0.1) is 6.92 Å². The van der Waals surface area contributed by atoms with Gasteiger partial charge in [-0.1, -0.05) is 24.3 Å². The third-order valence-electron chi connectivity index (χ3n) is 4.52. The lowest BCUT2D eigenvalue weighted by Crippen LogP contribution is -2.24. The van der Waals surface area contributed by atoms with Crippen LogP contribution in [0.3, 0.4) is 0 Å². The van der Waals surface area contributed by atoms with E-state index in [2.05, 4.69) is 10.3 Å². The van der Waals surface area contributed by atoms with E-state index in [0.717, 1.165) is 35.2 Å². The van der Waals surface area contributed by atoms with Crippen LogP contribution in [0.2, 0.25) is 0 Å². The van der Waals surface area contributed by atoms with Gasteiger partial charge in [0.05, 0.1) is 6.61 Å². The second kappa shape index (κ2) is 7.01. The maximum absolute atomic E-state index is 12.5. The zero-order valence-corrected chi connectivity index (χ0v) is 14.1. The number of carbonyl (C=O) groups excluding carboxylic acids is 2. The van der Waals surface area contributed by atoms with Crippen molar-refractivity contribution in [1.82, 2.24) is 10.3 Å². The van der Waals surface area contributed by atoms with Gasteiger partial charge in [-0.15, -0.1) is 0 Å². The number of aromatic nitrogens is 1. The summed E-state index contributed by atoms with van der Waals surface area (Å²) < 4.78 is 5.19. The lowest BCUT2D eigenvalue weighted by molar-refractivity contribution is 0.0944. The number of amides is 1. The number of H-pyrrole nitrogens is 1. The number of aromatic amines is 1. The largest absolute Gasteiger partial charge is 0.380 e. The Labute approximate surface area is 141 Å². The third kappa shape index (κ3) is 3.12. The Kier molecular flexibility index (Phi) is 4.81. The van der Waals surface area contributed by atoms with Crippen molar-refractivity contribution in [3.63, 3.8) is 0 Å². The molecule has 1 aromatic carbocycles. The highest BCUT2D eigenvalue weighted by molar-refractivity contribution is 6.04. The number of benzene rings is 1. The molecule has 0 radical (unpaired) electrons. The first-order valence-electron chi connectivity index (χ1n) is 8.20. The molecule has 1 aromatic heterocycles. The van der Waals surface area contributed by atoms with Crippen LogP contribution >= 0.6 is 0 Å². The first-order valence-corrected chi connectivity index (χ1v) is 8.20. The Hall–Kier alpha value is -2.40. The van der Waals surface area contributed by atoms with Crippen molar-refractivity contribution < 1.29 is 14.3 Å². The minimum absolute atomic E-state index is 0.134. The third-order valence-corrected chi connectivity index (χ3v) is 4.52. The van der Waals surface area contributed by atoms with Crippen LogP contribution < -0.4 is 5.32 Å². The topological polar surface area (TPSA) is 71.2 Å². The Morgan fingerprint density at radius 3 is 2.71 bits per heavy atom. The number of methoxy groups -OCH3 is 1. The number of carbonyl (C=O) groups is 2. The number of aryl methyl sites for hydroxylation is 1. The Bertz CT molecular complexity index is 777. The van der Waals surface area contributed by atoms with E-state index >= 15 is 0 Å². The number of nitrogens with one attached hydrogen (secondary N) is 2. The molecule has 0 spiro atoms. The van der Waals surface area contributed by atoms with Crippen molar-refractivity contribution in [2.24, 2.45) is 0 Å². The molecule has 0 saturated carbocycles. The van der Waals surface area contributed by atoms with Gasteiger partial charge in [-0.25, -0.2) is 0 Å². The molecular weight excluding hydrogens is 304 g/mol. The van der Waals surface area contributed by atoms with Gasteiger partial charge in [-0.3, -0.25) is 9.59 Å². The van der Waals surface area contributed by atoms with Gasteiger partial charge in [0.25, 0.3) is 5.91 Å². The highest BCUT2D eigenvalue weighted by Crippen LogP contribution is 2.26. The van der Waals surface area contributed by atoms with Crippen molar-refractivity contribution in [1.29, 1.82) is 0 Å². The van der Waals surface area contributed by atoms with Gasteiger partial charge in [0.1, 0.15) is 5.69 Å². The maximum atomic E-state index is 12.5. The fourth-order valence-electron chi connectivity index (χ4n) is 3.29. The zero-order chi connectivity index (χ0) is 17.1. The molecule has 1 aliphatic carbocycles. The van der Waals surface area contributed by atoms with E-state index in [9.17, 15) is 9.59 Å². The van der Waals surface area contributed by atoms with Crippen LogP contribution in [0.25, 0.3) is 0 Å². The van der Waals surface area contributed by atoms with Gasteiger partial charge in [-0.2, -0.15) is 0 Å². The smallest absolute Gasteiger partial charge is 0.268 e. The fourth-order valence-corrected chi connectivity index (χ4v) is 3.29. The van der Waals surface area contributed by atoms with E-state index in [-0.39, 0.29) is 11.7 Å². The van der Waals surface area contributed by atoms with Crippen LogP contribution in [0.5, 0.6) is 0 Å². The molecule has 0 aliphatic heterocycles. The van der Waals surface area contributed by atoms with Crippen molar-refractivity contribution in [2.45, 2.75) is 39.3 Å². The van der Waals surface area contributed by atoms with Gasteiger partial charge in [0.2, 0.25) is 0 Å².